The molecule has 0 amide bonds. The number of hydrogen-bond acceptors (Lipinski definition) is 6. The third-order valence-electron chi connectivity index (χ3n) is 2.16. The number of ether oxygens (including phenoxy) is 3. The molecule has 19 heavy (non-hydrogen) atoms. The van der Waals surface area contributed by atoms with Gasteiger partial charge >= 0.3 is 0 Å². The van der Waals surface area contributed by atoms with Crippen LogP contribution in [0.25, 0.3) is 0 Å². The number of methoxy groups -OCH3 is 1. The molecule has 0 aliphatic carbocycles. The van der Waals surface area contributed by atoms with Gasteiger partial charge in [-0.25, -0.2) is 4.98 Å². The van der Waals surface area contributed by atoms with Crippen LogP contribution in [0.5, 0.6) is 5.88 Å². The molecule has 0 bridgehead atoms. The minimum Gasteiger partial charge on any atom is -0.475 e. The van der Waals surface area contributed by atoms with Crippen LogP contribution < -0.4 is 10.1 Å². The summed E-state index contributed by atoms with van der Waals surface area (Å²) < 4.78 is 16.0. The van der Waals surface area contributed by atoms with Crippen molar-refractivity contribution in [2.75, 3.05) is 32.2 Å². The Labute approximate surface area is 114 Å². The molecule has 0 aliphatic heterocycles. The van der Waals surface area contributed by atoms with Crippen LogP contribution in [-0.4, -0.2) is 42.9 Å². The van der Waals surface area contributed by atoms with E-state index in [4.69, 9.17) is 14.2 Å². The maximum atomic E-state index is 5.56. The van der Waals surface area contributed by atoms with Gasteiger partial charge in [-0.15, -0.1) is 0 Å². The highest BCUT2D eigenvalue weighted by molar-refractivity contribution is 5.38. The zero-order valence-electron chi connectivity index (χ0n) is 12.1. The average molecular weight is 269 g/mol. The molecule has 108 valence electrons. The molecule has 1 rings (SSSR count). The van der Waals surface area contributed by atoms with Gasteiger partial charge in [-0.05, 0) is 20.8 Å². The van der Waals surface area contributed by atoms with E-state index in [0.29, 0.717) is 31.5 Å². The maximum Gasteiger partial charge on any atom is 0.218 e. The molecule has 0 saturated heterocycles. The van der Waals surface area contributed by atoms with Crippen molar-refractivity contribution in [2.24, 2.45) is 0 Å². The number of nitrogens with zero attached hydrogens (tertiary/aromatic N) is 2. The molecule has 1 aromatic heterocycles. The van der Waals surface area contributed by atoms with Gasteiger partial charge in [0.25, 0.3) is 0 Å². The maximum absolute atomic E-state index is 5.56. The van der Waals surface area contributed by atoms with Crippen LogP contribution in [0.3, 0.4) is 0 Å². The molecule has 0 fully saturated rings. The lowest BCUT2D eigenvalue weighted by molar-refractivity contribution is 0.0540. The lowest BCUT2D eigenvalue weighted by Crippen LogP contribution is -2.13. The van der Waals surface area contributed by atoms with Crippen molar-refractivity contribution in [3.8, 4) is 5.88 Å². The standard InChI is InChI=1S/C13H23N3O3/c1-5-14-11-8-13(16-12(15-11)9-17-4)19-7-6-18-10(2)3/h8,10H,5-7,9H2,1-4H3,(H,14,15,16). The van der Waals surface area contributed by atoms with E-state index < -0.39 is 0 Å². The Balaban J connectivity index is 2.59. The van der Waals surface area contributed by atoms with E-state index in [2.05, 4.69) is 15.3 Å². The summed E-state index contributed by atoms with van der Waals surface area (Å²) in [4.78, 5) is 8.58. The van der Waals surface area contributed by atoms with Gasteiger partial charge < -0.3 is 19.5 Å². The predicted octanol–water partition coefficient (Wildman–Crippen LogP) is 1.86. The molecule has 0 saturated carbocycles. The largest absolute Gasteiger partial charge is 0.475 e. The third-order valence-corrected chi connectivity index (χ3v) is 2.16. The van der Waals surface area contributed by atoms with E-state index in [0.717, 1.165) is 12.4 Å². The van der Waals surface area contributed by atoms with Crippen LogP contribution in [-0.2, 0) is 16.1 Å². The topological polar surface area (TPSA) is 65.5 Å². The second-order valence-electron chi connectivity index (χ2n) is 4.24. The van der Waals surface area contributed by atoms with Crippen LogP contribution in [0.1, 0.15) is 26.6 Å². The number of anilines is 1. The van der Waals surface area contributed by atoms with Gasteiger partial charge in [-0.3, -0.25) is 0 Å². The fraction of sp³-hybridized carbons (Fsp3) is 0.692. The summed E-state index contributed by atoms with van der Waals surface area (Å²) in [6.07, 6.45) is 0.204. The van der Waals surface area contributed by atoms with Crippen LogP contribution in [0, 0.1) is 0 Å². The first kappa shape index (κ1) is 15.7. The van der Waals surface area contributed by atoms with Crippen molar-refractivity contribution in [3.05, 3.63) is 11.9 Å². The first-order chi connectivity index (χ1) is 9.15. The van der Waals surface area contributed by atoms with E-state index >= 15 is 0 Å². The Hall–Kier alpha value is -1.40. The van der Waals surface area contributed by atoms with Crippen molar-refractivity contribution < 1.29 is 14.2 Å². The molecule has 1 N–H and O–H groups in total. The summed E-state index contributed by atoms with van der Waals surface area (Å²) in [5.41, 5.74) is 0. The Morgan fingerprint density at radius 2 is 2.05 bits per heavy atom. The molecule has 0 spiro atoms. The van der Waals surface area contributed by atoms with Crippen molar-refractivity contribution >= 4 is 5.82 Å². The Morgan fingerprint density at radius 1 is 1.26 bits per heavy atom. The van der Waals surface area contributed by atoms with E-state index in [1.54, 1.807) is 13.2 Å². The summed E-state index contributed by atoms with van der Waals surface area (Å²) in [7, 11) is 1.61. The van der Waals surface area contributed by atoms with Crippen molar-refractivity contribution in [1.29, 1.82) is 0 Å². The lowest BCUT2D eigenvalue weighted by Gasteiger charge is -2.11. The van der Waals surface area contributed by atoms with Crippen molar-refractivity contribution in [1.82, 2.24) is 9.97 Å². The summed E-state index contributed by atoms with van der Waals surface area (Å²) in [5, 5.41) is 3.14. The quantitative estimate of drug-likeness (QED) is 0.690. The van der Waals surface area contributed by atoms with Crippen LogP contribution in [0.15, 0.2) is 6.07 Å². The van der Waals surface area contributed by atoms with Crippen LogP contribution in [0.2, 0.25) is 0 Å². The van der Waals surface area contributed by atoms with Gasteiger partial charge in [-0.1, -0.05) is 0 Å². The summed E-state index contributed by atoms with van der Waals surface area (Å²) >= 11 is 0. The van der Waals surface area contributed by atoms with Crippen molar-refractivity contribution in [3.63, 3.8) is 0 Å². The summed E-state index contributed by atoms with van der Waals surface area (Å²) in [6.45, 7) is 8.15. The first-order valence-electron chi connectivity index (χ1n) is 6.50. The Morgan fingerprint density at radius 3 is 2.68 bits per heavy atom. The normalized spacial score (nSPS) is 10.8. The molecule has 6 nitrogen and oxygen atoms in total. The molecular formula is C13H23N3O3. The molecule has 0 aromatic carbocycles. The van der Waals surface area contributed by atoms with Crippen LogP contribution in [0.4, 0.5) is 5.82 Å². The number of nitrogens with one attached hydrogen (secondary N) is 1. The molecular weight excluding hydrogens is 246 g/mol. The van der Waals surface area contributed by atoms with Gasteiger partial charge in [0, 0.05) is 19.7 Å². The number of aromatic nitrogens is 2. The first-order valence-corrected chi connectivity index (χ1v) is 6.50. The molecule has 0 atom stereocenters. The molecule has 1 heterocycles. The van der Waals surface area contributed by atoms with E-state index in [1.165, 1.54) is 0 Å². The fourth-order valence-corrected chi connectivity index (χ4v) is 1.44. The molecule has 6 heteroatoms. The summed E-state index contributed by atoms with van der Waals surface area (Å²) in [6, 6.07) is 1.78. The highest BCUT2D eigenvalue weighted by Gasteiger charge is 2.05. The highest BCUT2D eigenvalue weighted by atomic mass is 16.5. The Kier molecular flexibility index (Phi) is 7.14. The van der Waals surface area contributed by atoms with Crippen LogP contribution >= 0.6 is 0 Å². The second-order valence-corrected chi connectivity index (χ2v) is 4.24. The lowest BCUT2D eigenvalue weighted by atomic mass is 10.5. The van der Waals surface area contributed by atoms with Gasteiger partial charge in [0.2, 0.25) is 5.88 Å². The molecule has 0 aliphatic rings. The minimum absolute atomic E-state index is 0.204. The fourth-order valence-electron chi connectivity index (χ4n) is 1.44. The predicted molar refractivity (Wildman–Crippen MR) is 73.5 cm³/mol. The van der Waals surface area contributed by atoms with E-state index in [1.807, 2.05) is 20.8 Å². The van der Waals surface area contributed by atoms with Crippen molar-refractivity contribution in [2.45, 2.75) is 33.5 Å². The Bertz CT molecular complexity index is 348. The zero-order valence-corrected chi connectivity index (χ0v) is 12.1. The van der Waals surface area contributed by atoms with Gasteiger partial charge in [0.15, 0.2) is 5.82 Å². The van der Waals surface area contributed by atoms with Gasteiger partial charge in [0.1, 0.15) is 19.0 Å². The minimum atomic E-state index is 0.204. The molecule has 1 aromatic rings. The third kappa shape index (κ3) is 6.35. The zero-order chi connectivity index (χ0) is 14.1. The second kappa shape index (κ2) is 8.66. The average Bonchev–Trinajstić information content (AvgIpc) is 2.35. The SMILES string of the molecule is CCNc1cc(OCCOC(C)C)nc(COC)n1. The number of rotatable bonds is 9. The van der Waals surface area contributed by atoms with E-state index in [9.17, 15) is 0 Å². The monoisotopic (exact) mass is 269 g/mol. The smallest absolute Gasteiger partial charge is 0.218 e. The summed E-state index contributed by atoms with van der Waals surface area (Å²) in [5.74, 6) is 1.87. The molecule has 0 radical (unpaired) electrons. The highest BCUT2D eigenvalue weighted by Crippen LogP contribution is 2.14. The van der Waals surface area contributed by atoms with Gasteiger partial charge in [-0.2, -0.15) is 4.98 Å². The van der Waals surface area contributed by atoms with E-state index in [-0.39, 0.29) is 6.10 Å². The molecule has 0 unspecified atom stereocenters. The number of hydrogen-bond donors (Lipinski definition) is 1. The van der Waals surface area contributed by atoms with Gasteiger partial charge in [0.05, 0.1) is 12.7 Å².